The number of nitrogens with one attached hydrogen (secondary N) is 1. The van der Waals surface area contributed by atoms with Crippen LogP contribution in [-0.2, 0) is 0 Å². The molecule has 3 nitrogen and oxygen atoms in total. The van der Waals surface area contributed by atoms with Crippen LogP contribution in [0.3, 0.4) is 0 Å². The summed E-state index contributed by atoms with van der Waals surface area (Å²) in [7, 11) is 0. The summed E-state index contributed by atoms with van der Waals surface area (Å²) < 4.78 is 1.25. The molecule has 0 aliphatic rings. The van der Waals surface area contributed by atoms with Crippen molar-refractivity contribution in [1.29, 1.82) is 0 Å². The fraction of sp³-hybridized carbons (Fsp3) is 0.308. The average Bonchev–Trinajstić information content (AvgIpc) is 2.67. The summed E-state index contributed by atoms with van der Waals surface area (Å²) in [6.07, 6.45) is 0. The van der Waals surface area contributed by atoms with Crippen LogP contribution in [0.5, 0.6) is 0 Å². The number of thiophene rings is 1. The van der Waals surface area contributed by atoms with Gasteiger partial charge in [0.05, 0.1) is 10.4 Å². The summed E-state index contributed by atoms with van der Waals surface area (Å²) in [4.78, 5) is 5.66. The summed E-state index contributed by atoms with van der Waals surface area (Å²) in [5.41, 5.74) is 2.56. The Morgan fingerprint density at radius 3 is 2.59 bits per heavy atom. The van der Waals surface area contributed by atoms with Gasteiger partial charge in [0.2, 0.25) is 0 Å². The molecule has 1 aromatic carbocycles. The SMILES string of the molecule is CC(C)(C)N=C(NN)c1cc2ccccc2s1. The summed E-state index contributed by atoms with van der Waals surface area (Å²) >= 11 is 1.70. The predicted octanol–water partition coefficient (Wildman–Crippen LogP) is 2.91. The topological polar surface area (TPSA) is 50.4 Å². The van der Waals surface area contributed by atoms with E-state index in [0.29, 0.717) is 0 Å². The van der Waals surface area contributed by atoms with Gasteiger partial charge in [-0.1, -0.05) is 18.2 Å². The normalized spacial score (nSPS) is 13.1. The molecule has 0 saturated carbocycles. The van der Waals surface area contributed by atoms with E-state index in [4.69, 9.17) is 5.84 Å². The first kappa shape index (κ1) is 12.1. The number of fused-ring (bicyclic) bond motifs is 1. The lowest BCUT2D eigenvalue weighted by molar-refractivity contribution is 0.580. The second-order valence-electron chi connectivity index (χ2n) is 4.92. The maximum Gasteiger partial charge on any atom is 0.153 e. The van der Waals surface area contributed by atoms with Crippen LogP contribution >= 0.6 is 11.3 Å². The Morgan fingerprint density at radius 1 is 1.29 bits per heavy atom. The Labute approximate surface area is 105 Å². The minimum Gasteiger partial charge on any atom is -0.308 e. The third-order valence-corrected chi connectivity index (χ3v) is 3.37. The first-order valence-electron chi connectivity index (χ1n) is 5.55. The van der Waals surface area contributed by atoms with Crippen LogP contribution in [0.15, 0.2) is 35.3 Å². The molecule has 90 valence electrons. The third kappa shape index (κ3) is 2.84. The average molecular weight is 247 g/mol. The van der Waals surface area contributed by atoms with E-state index < -0.39 is 0 Å². The quantitative estimate of drug-likeness (QED) is 0.352. The van der Waals surface area contributed by atoms with Gasteiger partial charge in [-0.3, -0.25) is 4.99 Å². The fourth-order valence-corrected chi connectivity index (χ4v) is 2.61. The Bertz CT molecular complexity index is 516. The van der Waals surface area contributed by atoms with E-state index in [-0.39, 0.29) is 5.54 Å². The molecule has 2 rings (SSSR count). The van der Waals surface area contributed by atoms with Crippen molar-refractivity contribution >= 4 is 27.3 Å². The molecule has 1 aromatic heterocycles. The van der Waals surface area contributed by atoms with E-state index in [2.05, 4.69) is 49.4 Å². The van der Waals surface area contributed by atoms with Crippen molar-refractivity contribution in [3.8, 4) is 0 Å². The molecule has 2 aromatic rings. The molecule has 0 atom stereocenters. The molecule has 0 spiro atoms. The number of hydrogen-bond acceptors (Lipinski definition) is 3. The lowest BCUT2D eigenvalue weighted by Crippen LogP contribution is -2.33. The van der Waals surface area contributed by atoms with Crippen LogP contribution in [0, 0.1) is 0 Å². The van der Waals surface area contributed by atoms with E-state index in [1.807, 2.05) is 12.1 Å². The maximum absolute atomic E-state index is 5.56. The number of rotatable bonds is 1. The largest absolute Gasteiger partial charge is 0.308 e. The molecule has 0 aliphatic heterocycles. The molecule has 3 N–H and O–H groups in total. The Hall–Kier alpha value is -1.39. The van der Waals surface area contributed by atoms with Crippen molar-refractivity contribution in [2.24, 2.45) is 10.8 Å². The van der Waals surface area contributed by atoms with Crippen LogP contribution in [0.2, 0.25) is 0 Å². The second kappa shape index (κ2) is 4.47. The van der Waals surface area contributed by atoms with Gasteiger partial charge in [0.15, 0.2) is 5.84 Å². The van der Waals surface area contributed by atoms with Gasteiger partial charge in [-0.2, -0.15) is 0 Å². The molecule has 4 heteroatoms. The number of nitrogens with zero attached hydrogens (tertiary/aromatic N) is 1. The number of benzene rings is 1. The summed E-state index contributed by atoms with van der Waals surface area (Å²) in [6, 6.07) is 10.4. The zero-order valence-electron chi connectivity index (χ0n) is 10.3. The van der Waals surface area contributed by atoms with Crippen molar-refractivity contribution in [2.45, 2.75) is 26.3 Å². The molecular weight excluding hydrogens is 230 g/mol. The summed E-state index contributed by atoms with van der Waals surface area (Å²) in [5, 5.41) is 1.23. The fourth-order valence-electron chi connectivity index (χ4n) is 1.59. The second-order valence-corrected chi connectivity index (χ2v) is 6.01. The lowest BCUT2D eigenvalue weighted by atomic mass is 10.1. The minimum atomic E-state index is -0.141. The van der Waals surface area contributed by atoms with E-state index in [9.17, 15) is 0 Å². The summed E-state index contributed by atoms with van der Waals surface area (Å²) in [6.45, 7) is 6.16. The van der Waals surface area contributed by atoms with Crippen molar-refractivity contribution in [2.75, 3.05) is 0 Å². The minimum absolute atomic E-state index is 0.141. The monoisotopic (exact) mass is 247 g/mol. The van der Waals surface area contributed by atoms with Gasteiger partial charge in [0.25, 0.3) is 0 Å². The highest BCUT2D eigenvalue weighted by molar-refractivity contribution is 7.20. The highest BCUT2D eigenvalue weighted by Crippen LogP contribution is 2.25. The third-order valence-electron chi connectivity index (χ3n) is 2.24. The molecule has 0 fully saturated rings. The maximum atomic E-state index is 5.56. The lowest BCUT2D eigenvalue weighted by Gasteiger charge is -2.14. The van der Waals surface area contributed by atoms with Gasteiger partial charge in [-0.05, 0) is 38.3 Å². The Kier molecular flexibility index (Phi) is 3.17. The van der Waals surface area contributed by atoms with E-state index in [1.165, 1.54) is 10.1 Å². The molecule has 0 saturated heterocycles. The van der Waals surface area contributed by atoms with Crippen molar-refractivity contribution < 1.29 is 0 Å². The summed E-state index contributed by atoms with van der Waals surface area (Å²) in [5.74, 6) is 6.31. The van der Waals surface area contributed by atoms with Gasteiger partial charge in [0.1, 0.15) is 0 Å². The highest BCUT2D eigenvalue weighted by Gasteiger charge is 2.12. The van der Waals surface area contributed by atoms with Gasteiger partial charge in [-0.15, -0.1) is 11.3 Å². The molecule has 0 bridgehead atoms. The smallest absolute Gasteiger partial charge is 0.153 e. The van der Waals surface area contributed by atoms with Gasteiger partial charge < -0.3 is 5.43 Å². The van der Waals surface area contributed by atoms with Crippen molar-refractivity contribution in [1.82, 2.24) is 5.43 Å². The molecule has 1 heterocycles. The van der Waals surface area contributed by atoms with E-state index in [0.717, 1.165) is 10.7 Å². The number of hydrazine groups is 1. The zero-order valence-corrected chi connectivity index (χ0v) is 11.1. The van der Waals surface area contributed by atoms with Crippen molar-refractivity contribution in [3.05, 3.63) is 35.2 Å². The van der Waals surface area contributed by atoms with Gasteiger partial charge >= 0.3 is 0 Å². The van der Waals surface area contributed by atoms with Gasteiger partial charge in [-0.25, -0.2) is 5.84 Å². The Balaban J connectivity index is 2.47. The molecular formula is C13H17N3S. The number of hydrogen-bond donors (Lipinski definition) is 2. The first-order chi connectivity index (χ1) is 7.99. The van der Waals surface area contributed by atoms with Crippen LogP contribution < -0.4 is 11.3 Å². The van der Waals surface area contributed by atoms with Gasteiger partial charge in [0, 0.05) is 4.70 Å². The predicted molar refractivity (Wildman–Crippen MR) is 75.4 cm³/mol. The van der Waals surface area contributed by atoms with Crippen LogP contribution in [0.1, 0.15) is 25.6 Å². The number of nitrogens with two attached hydrogens (primary N) is 1. The Morgan fingerprint density at radius 2 is 2.00 bits per heavy atom. The first-order valence-corrected chi connectivity index (χ1v) is 6.37. The molecule has 17 heavy (non-hydrogen) atoms. The van der Waals surface area contributed by atoms with Crippen LogP contribution in [0.25, 0.3) is 10.1 Å². The molecule has 0 amide bonds. The number of amidine groups is 1. The standard InChI is InChI=1S/C13H17N3S/c1-13(2,3)15-12(16-14)11-8-9-6-4-5-7-10(9)17-11/h4-8H,14H2,1-3H3,(H,15,16). The molecule has 0 radical (unpaired) electrons. The molecule has 0 unspecified atom stereocenters. The van der Waals surface area contributed by atoms with Crippen molar-refractivity contribution in [3.63, 3.8) is 0 Å². The van der Waals surface area contributed by atoms with Crippen LogP contribution in [0.4, 0.5) is 0 Å². The number of aliphatic imine (C=N–C) groups is 1. The highest BCUT2D eigenvalue weighted by atomic mass is 32.1. The van der Waals surface area contributed by atoms with Crippen LogP contribution in [-0.4, -0.2) is 11.4 Å². The van der Waals surface area contributed by atoms with E-state index >= 15 is 0 Å². The molecule has 0 aliphatic carbocycles. The zero-order chi connectivity index (χ0) is 12.5. The van der Waals surface area contributed by atoms with E-state index in [1.54, 1.807) is 11.3 Å².